The van der Waals surface area contributed by atoms with Crippen LogP contribution < -0.4 is 4.72 Å². The van der Waals surface area contributed by atoms with Crippen LogP contribution in [0.5, 0.6) is 0 Å². The summed E-state index contributed by atoms with van der Waals surface area (Å²) in [6.45, 7) is 3.39. The van der Waals surface area contributed by atoms with Gasteiger partial charge in [0, 0.05) is 23.5 Å². The van der Waals surface area contributed by atoms with E-state index in [2.05, 4.69) is 9.71 Å². The van der Waals surface area contributed by atoms with Gasteiger partial charge in [-0.1, -0.05) is 30.3 Å². The predicted octanol–water partition coefficient (Wildman–Crippen LogP) is 2.92. The van der Waals surface area contributed by atoms with Gasteiger partial charge in [0.05, 0.1) is 22.5 Å². The Morgan fingerprint density at radius 2 is 1.85 bits per heavy atom. The number of rotatable bonds is 6. The second-order valence-corrected chi connectivity index (χ2v) is 8.04. The lowest BCUT2D eigenvalue weighted by Crippen LogP contribution is -2.30. The van der Waals surface area contributed by atoms with Gasteiger partial charge in [-0.05, 0) is 32.0 Å². The van der Waals surface area contributed by atoms with Crippen molar-refractivity contribution in [2.75, 3.05) is 0 Å². The van der Waals surface area contributed by atoms with Crippen molar-refractivity contribution in [2.45, 2.75) is 24.8 Å². The molecule has 2 aromatic carbocycles. The Balaban J connectivity index is 2.08. The number of carboxylic acids is 1. The number of nitrogens with zero attached hydrogens (tertiary/aromatic N) is 2. The third kappa shape index (κ3) is 4.24. The molecule has 0 atom stereocenters. The molecule has 3 rings (SSSR count). The molecule has 2 N–H and O–H groups in total. The highest BCUT2D eigenvalue weighted by Crippen LogP contribution is 2.22. The minimum Gasteiger partial charge on any atom is -0.478 e. The molecule has 1 heterocycles. The molecular formula is C19H19N3O4S. The molecule has 0 amide bonds. The summed E-state index contributed by atoms with van der Waals surface area (Å²) >= 11 is 0. The Morgan fingerprint density at radius 1 is 1.15 bits per heavy atom. The van der Waals surface area contributed by atoms with E-state index in [1.165, 1.54) is 18.5 Å². The highest BCUT2D eigenvalue weighted by atomic mass is 32.2. The van der Waals surface area contributed by atoms with Gasteiger partial charge in [0.25, 0.3) is 0 Å². The molecule has 3 aromatic rings. The van der Waals surface area contributed by atoms with Gasteiger partial charge < -0.3 is 9.67 Å². The van der Waals surface area contributed by atoms with Crippen LogP contribution in [0.15, 0.2) is 66.0 Å². The van der Waals surface area contributed by atoms with Crippen molar-refractivity contribution in [3.63, 3.8) is 0 Å². The van der Waals surface area contributed by atoms with Gasteiger partial charge in [-0.15, -0.1) is 0 Å². The molecule has 0 saturated carbocycles. The molecule has 0 spiro atoms. The first kappa shape index (κ1) is 18.8. The van der Waals surface area contributed by atoms with E-state index >= 15 is 0 Å². The van der Waals surface area contributed by atoms with Crippen LogP contribution in [0.2, 0.25) is 0 Å². The van der Waals surface area contributed by atoms with E-state index in [9.17, 15) is 18.3 Å². The average molecular weight is 385 g/mol. The monoisotopic (exact) mass is 385 g/mol. The number of hydrogen-bond donors (Lipinski definition) is 2. The number of imidazole rings is 1. The summed E-state index contributed by atoms with van der Waals surface area (Å²) in [7, 11) is -3.84. The number of sulfonamides is 1. The fourth-order valence-corrected chi connectivity index (χ4v) is 3.93. The molecule has 0 aliphatic heterocycles. The first-order valence-corrected chi connectivity index (χ1v) is 9.75. The van der Waals surface area contributed by atoms with Crippen molar-refractivity contribution in [3.8, 4) is 16.9 Å². The van der Waals surface area contributed by atoms with E-state index in [4.69, 9.17) is 0 Å². The summed E-state index contributed by atoms with van der Waals surface area (Å²) in [6, 6.07) is 13.2. The van der Waals surface area contributed by atoms with Crippen molar-refractivity contribution in [1.29, 1.82) is 0 Å². The average Bonchev–Trinajstić information content (AvgIpc) is 3.11. The van der Waals surface area contributed by atoms with Gasteiger partial charge >= 0.3 is 5.97 Å². The smallest absolute Gasteiger partial charge is 0.335 e. The standard InChI is InChI=1S/C19H19N3O4S/c1-13(2)21-27(25,26)17-9-15(19(23)24)8-16(10-17)22-11-18(20-12-22)14-6-4-3-5-7-14/h3-13,21H,1-2H3,(H,23,24). The summed E-state index contributed by atoms with van der Waals surface area (Å²) in [5.41, 5.74) is 1.88. The number of carboxylic acid groups (broad SMARTS) is 1. The first-order valence-electron chi connectivity index (χ1n) is 8.27. The lowest BCUT2D eigenvalue weighted by molar-refractivity contribution is 0.0696. The molecule has 0 bridgehead atoms. The summed E-state index contributed by atoms with van der Waals surface area (Å²) in [5, 5.41) is 9.37. The number of nitrogens with one attached hydrogen (secondary N) is 1. The van der Waals surface area contributed by atoms with Gasteiger partial charge in [0.2, 0.25) is 10.0 Å². The molecule has 0 aliphatic carbocycles. The normalized spacial score (nSPS) is 11.7. The fraction of sp³-hybridized carbons (Fsp3) is 0.158. The van der Waals surface area contributed by atoms with Gasteiger partial charge in [-0.3, -0.25) is 0 Å². The molecule has 7 nitrogen and oxygen atoms in total. The van der Waals surface area contributed by atoms with Crippen LogP contribution in [0.3, 0.4) is 0 Å². The van der Waals surface area contributed by atoms with Crippen LogP contribution in [0.25, 0.3) is 16.9 Å². The van der Waals surface area contributed by atoms with Crippen LogP contribution in [-0.2, 0) is 10.0 Å². The molecule has 140 valence electrons. The molecule has 0 aliphatic rings. The fourth-order valence-electron chi connectivity index (χ4n) is 2.61. The molecule has 0 unspecified atom stereocenters. The third-order valence-electron chi connectivity index (χ3n) is 3.79. The molecule has 0 radical (unpaired) electrons. The Bertz CT molecular complexity index is 1070. The molecule has 0 fully saturated rings. The van der Waals surface area contributed by atoms with Crippen molar-refractivity contribution in [3.05, 3.63) is 66.6 Å². The highest BCUT2D eigenvalue weighted by molar-refractivity contribution is 7.89. The van der Waals surface area contributed by atoms with Crippen LogP contribution in [0, 0.1) is 0 Å². The Morgan fingerprint density at radius 3 is 2.48 bits per heavy atom. The molecule has 8 heteroatoms. The van der Waals surface area contributed by atoms with Crippen LogP contribution in [0.4, 0.5) is 0 Å². The highest BCUT2D eigenvalue weighted by Gasteiger charge is 2.19. The predicted molar refractivity (Wildman–Crippen MR) is 101 cm³/mol. The van der Waals surface area contributed by atoms with E-state index in [1.54, 1.807) is 24.6 Å². The van der Waals surface area contributed by atoms with Crippen LogP contribution in [-0.4, -0.2) is 35.1 Å². The van der Waals surface area contributed by atoms with Gasteiger partial charge in [-0.25, -0.2) is 22.9 Å². The zero-order valence-corrected chi connectivity index (χ0v) is 15.6. The molecule has 1 aromatic heterocycles. The maximum absolute atomic E-state index is 12.5. The van der Waals surface area contributed by atoms with E-state index in [0.29, 0.717) is 11.4 Å². The Labute approximate surface area is 157 Å². The van der Waals surface area contributed by atoms with E-state index in [1.807, 2.05) is 30.3 Å². The van der Waals surface area contributed by atoms with E-state index in [-0.39, 0.29) is 16.5 Å². The minimum absolute atomic E-state index is 0.110. The number of carbonyl (C=O) groups is 1. The summed E-state index contributed by atoms with van der Waals surface area (Å²) in [4.78, 5) is 15.7. The minimum atomic E-state index is -3.84. The molecule has 0 saturated heterocycles. The van der Waals surface area contributed by atoms with Gasteiger partial charge in [0.1, 0.15) is 0 Å². The summed E-state index contributed by atoms with van der Waals surface area (Å²) in [5.74, 6) is -1.21. The first-order chi connectivity index (χ1) is 12.8. The largest absolute Gasteiger partial charge is 0.478 e. The van der Waals surface area contributed by atoms with Crippen LogP contribution >= 0.6 is 0 Å². The number of hydrogen-bond acceptors (Lipinski definition) is 4. The maximum atomic E-state index is 12.5. The lowest BCUT2D eigenvalue weighted by Gasteiger charge is -2.12. The number of benzene rings is 2. The maximum Gasteiger partial charge on any atom is 0.335 e. The van der Waals surface area contributed by atoms with Crippen molar-refractivity contribution >= 4 is 16.0 Å². The van der Waals surface area contributed by atoms with Crippen molar-refractivity contribution in [1.82, 2.24) is 14.3 Å². The SMILES string of the molecule is CC(C)NS(=O)(=O)c1cc(C(=O)O)cc(-n2cnc(-c3ccccc3)c2)c1. The van der Waals surface area contributed by atoms with Crippen molar-refractivity contribution < 1.29 is 18.3 Å². The summed E-state index contributed by atoms with van der Waals surface area (Å²) in [6.07, 6.45) is 3.25. The van der Waals surface area contributed by atoms with Gasteiger partial charge in [-0.2, -0.15) is 0 Å². The third-order valence-corrected chi connectivity index (χ3v) is 5.43. The topological polar surface area (TPSA) is 101 Å². The lowest BCUT2D eigenvalue weighted by atomic mass is 10.2. The zero-order valence-electron chi connectivity index (χ0n) is 14.8. The summed E-state index contributed by atoms with van der Waals surface area (Å²) < 4.78 is 29.1. The molecule has 27 heavy (non-hydrogen) atoms. The zero-order chi connectivity index (χ0) is 19.6. The van der Waals surface area contributed by atoms with E-state index in [0.717, 1.165) is 11.6 Å². The number of aromatic nitrogens is 2. The quantitative estimate of drug-likeness (QED) is 0.679. The second kappa shape index (κ2) is 7.34. The van der Waals surface area contributed by atoms with Gasteiger partial charge in [0.15, 0.2) is 0 Å². The number of aromatic carboxylic acids is 1. The van der Waals surface area contributed by atoms with E-state index < -0.39 is 16.0 Å². The Hall–Kier alpha value is -2.97. The molecular weight excluding hydrogens is 366 g/mol. The van der Waals surface area contributed by atoms with Crippen LogP contribution in [0.1, 0.15) is 24.2 Å². The Kier molecular flexibility index (Phi) is 5.11. The van der Waals surface area contributed by atoms with Crippen molar-refractivity contribution in [2.24, 2.45) is 0 Å². The second-order valence-electron chi connectivity index (χ2n) is 6.33.